The molecule has 1 aromatic carbocycles. The normalized spacial score (nSPS) is 18.6. The number of methoxy groups -OCH3 is 1. The van der Waals surface area contributed by atoms with E-state index in [1.54, 1.807) is 18.5 Å². The lowest BCUT2D eigenvalue weighted by Crippen LogP contribution is -2.33. The monoisotopic (exact) mass is 363 g/mol. The van der Waals surface area contributed by atoms with Gasteiger partial charge >= 0.3 is 5.97 Å². The first-order valence-corrected chi connectivity index (χ1v) is 8.90. The zero-order chi connectivity index (χ0) is 18.8. The number of anilines is 2. The van der Waals surface area contributed by atoms with Crippen LogP contribution >= 0.6 is 0 Å². The average molecular weight is 363 g/mol. The number of esters is 1. The molecule has 0 unspecified atom stereocenters. The number of nitrogens with zero attached hydrogens (tertiary/aromatic N) is 4. The molecule has 1 saturated carbocycles. The number of carbonyl (C=O) groups excluding carboxylic acids is 1. The summed E-state index contributed by atoms with van der Waals surface area (Å²) in [6.45, 7) is 2.05. The number of aromatic nitrogens is 4. The van der Waals surface area contributed by atoms with Crippen LogP contribution in [-0.4, -0.2) is 32.8 Å². The molecule has 0 radical (unpaired) electrons. The Hall–Kier alpha value is -3.22. The van der Waals surface area contributed by atoms with Crippen LogP contribution in [0.3, 0.4) is 0 Å². The van der Waals surface area contributed by atoms with Gasteiger partial charge < -0.3 is 10.1 Å². The summed E-state index contributed by atoms with van der Waals surface area (Å²) in [5, 5.41) is 7.73. The fraction of sp³-hybridized carbons (Fsp3) is 0.300. The molecule has 4 rings (SSSR count). The minimum atomic E-state index is -0.129. The molecule has 27 heavy (non-hydrogen) atoms. The standard InChI is InChI=1S/C20H21N5O2/c1-13-6-14(8-17(7-13)24-20-21-4-3-5-22-20)16-11-23-25(12-16)18-9-15(10-18)19(26)27-2/h3-8,11-12,15,18H,9-10H2,1-2H3,(H,21,22,24). The number of hydrogen-bond donors (Lipinski definition) is 1. The summed E-state index contributed by atoms with van der Waals surface area (Å²) in [4.78, 5) is 20.0. The van der Waals surface area contributed by atoms with Crippen molar-refractivity contribution in [1.82, 2.24) is 19.7 Å². The molecule has 0 atom stereocenters. The second kappa shape index (κ2) is 7.19. The molecule has 1 aliphatic rings. The fourth-order valence-corrected chi connectivity index (χ4v) is 3.36. The van der Waals surface area contributed by atoms with Crippen LogP contribution in [0.15, 0.2) is 49.1 Å². The number of hydrogen-bond acceptors (Lipinski definition) is 6. The van der Waals surface area contributed by atoms with Crippen LogP contribution in [-0.2, 0) is 9.53 Å². The predicted molar refractivity (Wildman–Crippen MR) is 101 cm³/mol. The highest BCUT2D eigenvalue weighted by Gasteiger charge is 2.36. The van der Waals surface area contributed by atoms with Crippen molar-refractivity contribution in [2.75, 3.05) is 12.4 Å². The molecule has 0 saturated heterocycles. The fourth-order valence-electron chi connectivity index (χ4n) is 3.36. The van der Waals surface area contributed by atoms with E-state index in [4.69, 9.17) is 4.74 Å². The van der Waals surface area contributed by atoms with Gasteiger partial charge in [0.05, 0.1) is 25.3 Å². The van der Waals surface area contributed by atoms with Crippen molar-refractivity contribution >= 4 is 17.6 Å². The largest absolute Gasteiger partial charge is 0.469 e. The van der Waals surface area contributed by atoms with Gasteiger partial charge in [0.25, 0.3) is 0 Å². The van der Waals surface area contributed by atoms with Gasteiger partial charge in [-0.25, -0.2) is 9.97 Å². The minimum absolute atomic E-state index is 0.00621. The molecular formula is C20H21N5O2. The second-order valence-electron chi connectivity index (χ2n) is 6.84. The van der Waals surface area contributed by atoms with Crippen molar-refractivity contribution in [3.8, 4) is 11.1 Å². The lowest BCUT2D eigenvalue weighted by molar-refractivity contribution is -0.149. The van der Waals surface area contributed by atoms with Crippen LogP contribution in [0.25, 0.3) is 11.1 Å². The molecule has 3 aromatic rings. The zero-order valence-electron chi connectivity index (χ0n) is 15.3. The molecule has 1 aliphatic carbocycles. The quantitative estimate of drug-likeness (QED) is 0.699. The number of carbonyl (C=O) groups is 1. The molecule has 7 heteroatoms. The second-order valence-corrected chi connectivity index (χ2v) is 6.84. The molecule has 0 aliphatic heterocycles. The molecule has 0 spiro atoms. The lowest BCUT2D eigenvalue weighted by Gasteiger charge is -2.33. The first-order chi connectivity index (χ1) is 13.1. The first-order valence-electron chi connectivity index (χ1n) is 8.90. The summed E-state index contributed by atoms with van der Waals surface area (Å²) >= 11 is 0. The topological polar surface area (TPSA) is 81.9 Å². The van der Waals surface area contributed by atoms with E-state index in [0.717, 1.165) is 35.2 Å². The van der Waals surface area contributed by atoms with E-state index in [1.165, 1.54) is 7.11 Å². The minimum Gasteiger partial charge on any atom is -0.469 e. The Morgan fingerprint density at radius 1 is 1.19 bits per heavy atom. The van der Waals surface area contributed by atoms with Crippen molar-refractivity contribution in [2.24, 2.45) is 5.92 Å². The van der Waals surface area contributed by atoms with Gasteiger partial charge in [0, 0.05) is 29.8 Å². The van der Waals surface area contributed by atoms with E-state index >= 15 is 0 Å². The summed E-state index contributed by atoms with van der Waals surface area (Å²) in [6.07, 6.45) is 8.87. The Balaban J connectivity index is 1.51. The van der Waals surface area contributed by atoms with Crippen LogP contribution in [0.2, 0.25) is 0 Å². The first kappa shape index (κ1) is 17.2. The van der Waals surface area contributed by atoms with E-state index in [1.807, 2.05) is 17.1 Å². The molecule has 2 aromatic heterocycles. The number of nitrogens with one attached hydrogen (secondary N) is 1. The maximum absolute atomic E-state index is 11.6. The van der Waals surface area contributed by atoms with Crippen LogP contribution in [0, 0.1) is 12.8 Å². The Labute approximate surface area is 157 Å². The molecule has 0 bridgehead atoms. The maximum atomic E-state index is 11.6. The van der Waals surface area contributed by atoms with Crippen molar-refractivity contribution in [3.05, 3.63) is 54.6 Å². The van der Waals surface area contributed by atoms with Gasteiger partial charge in [0.15, 0.2) is 0 Å². The molecule has 2 heterocycles. The van der Waals surface area contributed by atoms with Crippen LogP contribution in [0.5, 0.6) is 0 Å². The van der Waals surface area contributed by atoms with Crippen LogP contribution < -0.4 is 5.32 Å². The summed E-state index contributed by atoms with van der Waals surface area (Å²) < 4.78 is 6.75. The van der Waals surface area contributed by atoms with E-state index in [0.29, 0.717) is 5.95 Å². The third-order valence-electron chi connectivity index (χ3n) is 4.86. The lowest BCUT2D eigenvalue weighted by atomic mass is 9.80. The summed E-state index contributed by atoms with van der Waals surface area (Å²) in [5.74, 6) is 0.428. The third kappa shape index (κ3) is 3.67. The highest BCUT2D eigenvalue weighted by atomic mass is 16.5. The number of aryl methyl sites for hydroxylation is 1. The third-order valence-corrected chi connectivity index (χ3v) is 4.86. The van der Waals surface area contributed by atoms with Gasteiger partial charge in [0.1, 0.15) is 0 Å². The molecular weight excluding hydrogens is 342 g/mol. The molecule has 138 valence electrons. The van der Waals surface area contributed by atoms with Gasteiger partial charge in [0.2, 0.25) is 5.95 Å². The molecule has 1 fully saturated rings. The maximum Gasteiger partial charge on any atom is 0.308 e. The summed E-state index contributed by atoms with van der Waals surface area (Å²) in [6, 6.07) is 8.27. The van der Waals surface area contributed by atoms with Gasteiger partial charge in [-0.3, -0.25) is 9.48 Å². The van der Waals surface area contributed by atoms with Crippen molar-refractivity contribution < 1.29 is 9.53 Å². The SMILES string of the molecule is COC(=O)C1CC(n2cc(-c3cc(C)cc(Nc4ncccn4)c3)cn2)C1. The van der Waals surface area contributed by atoms with Crippen molar-refractivity contribution in [2.45, 2.75) is 25.8 Å². The van der Waals surface area contributed by atoms with Crippen molar-refractivity contribution in [1.29, 1.82) is 0 Å². The van der Waals surface area contributed by atoms with Gasteiger partial charge in [-0.05, 0) is 49.1 Å². The van der Waals surface area contributed by atoms with Crippen LogP contribution in [0.4, 0.5) is 11.6 Å². The summed E-state index contributed by atoms with van der Waals surface area (Å²) in [7, 11) is 1.44. The smallest absolute Gasteiger partial charge is 0.308 e. The van der Waals surface area contributed by atoms with Gasteiger partial charge in [-0.15, -0.1) is 0 Å². The van der Waals surface area contributed by atoms with E-state index in [2.05, 4.69) is 45.5 Å². The molecule has 0 amide bonds. The van der Waals surface area contributed by atoms with E-state index < -0.39 is 0 Å². The Morgan fingerprint density at radius 3 is 2.70 bits per heavy atom. The van der Waals surface area contributed by atoms with Gasteiger partial charge in [-0.1, -0.05) is 6.07 Å². The Kier molecular flexibility index (Phi) is 4.58. The van der Waals surface area contributed by atoms with Crippen LogP contribution in [0.1, 0.15) is 24.4 Å². The molecule has 1 N–H and O–H groups in total. The van der Waals surface area contributed by atoms with Gasteiger partial charge in [-0.2, -0.15) is 5.10 Å². The average Bonchev–Trinajstić information content (AvgIpc) is 3.10. The zero-order valence-corrected chi connectivity index (χ0v) is 15.3. The highest BCUT2D eigenvalue weighted by Crippen LogP contribution is 2.38. The summed E-state index contributed by atoms with van der Waals surface area (Å²) in [5.41, 5.74) is 4.17. The van der Waals surface area contributed by atoms with Crippen molar-refractivity contribution in [3.63, 3.8) is 0 Å². The molecule has 7 nitrogen and oxygen atoms in total. The number of benzene rings is 1. The van der Waals surface area contributed by atoms with E-state index in [-0.39, 0.29) is 17.9 Å². The van der Waals surface area contributed by atoms with E-state index in [9.17, 15) is 4.79 Å². The Morgan fingerprint density at radius 2 is 1.96 bits per heavy atom. The Bertz CT molecular complexity index is 948. The predicted octanol–water partition coefficient (Wildman–Crippen LogP) is 3.52. The number of rotatable bonds is 5. The number of ether oxygens (including phenoxy) is 1. The highest BCUT2D eigenvalue weighted by molar-refractivity contribution is 5.73.